The number of amides is 1. The second-order valence-electron chi connectivity index (χ2n) is 8.48. The molecule has 2 atom stereocenters. The average molecular weight is 413 g/mol. The van der Waals surface area contributed by atoms with Crippen molar-refractivity contribution in [3.05, 3.63) is 41.0 Å². The second kappa shape index (κ2) is 9.21. The first-order chi connectivity index (χ1) is 14.7. The monoisotopic (exact) mass is 412 g/mol. The van der Waals surface area contributed by atoms with E-state index in [1.54, 1.807) is 7.11 Å². The Kier molecular flexibility index (Phi) is 6.42. The molecule has 30 heavy (non-hydrogen) atoms. The van der Waals surface area contributed by atoms with Crippen LogP contribution >= 0.6 is 0 Å². The maximum absolute atomic E-state index is 13.4. The zero-order valence-corrected chi connectivity index (χ0v) is 18.0. The molecular formula is C24H32N2O4. The Balaban J connectivity index is 1.70. The Morgan fingerprint density at radius 2 is 1.80 bits per heavy atom. The summed E-state index contributed by atoms with van der Waals surface area (Å²) in [7, 11) is 3.00. The van der Waals surface area contributed by atoms with Gasteiger partial charge in [-0.3, -0.25) is 10.1 Å². The molecule has 0 saturated heterocycles. The Morgan fingerprint density at radius 1 is 1.07 bits per heavy atom. The van der Waals surface area contributed by atoms with Crippen LogP contribution < -0.4 is 10.1 Å². The van der Waals surface area contributed by atoms with E-state index >= 15 is 0 Å². The van der Waals surface area contributed by atoms with Crippen LogP contribution in [0.3, 0.4) is 0 Å². The summed E-state index contributed by atoms with van der Waals surface area (Å²) in [6, 6.07) is 7.02. The van der Waals surface area contributed by atoms with E-state index in [9.17, 15) is 9.59 Å². The van der Waals surface area contributed by atoms with Crippen molar-refractivity contribution >= 4 is 11.9 Å². The predicted molar refractivity (Wildman–Crippen MR) is 114 cm³/mol. The third-order valence-corrected chi connectivity index (χ3v) is 6.79. The van der Waals surface area contributed by atoms with Crippen LogP contribution in [0.4, 0.5) is 0 Å². The van der Waals surface area contributed by atoms with Gasteiger partial charge >= 0.3 is 5.97 Å². The molecule has 0 spiro atoms. The van der Waals surface area contributed by atoms with Crippen LogP contribution in [0.25, 0.3) is 0 Å². The molecule has 0 aromatic heterocycles. The van der Waals surface area contributed by atoms with Gasteiger partial charge in [-0.25, -0.2) is 4.79 Å². The summed E-state index contributed by atoms with van der Waals surface area (Å²) >= 11 is 0. The molecule has 162 valence electrons. The summed E-state index contributed by atoms with van der Waals surface area (Å²) < 4.78 is 10.7. The van der Waals surface area contributed by atoms with Crippen molar-refractivity contribution in [1.82, 2.24) is 10.2 Å². The number of benzene rings is 1. The molecule has 0 bridgehead atoms. The van der Waals surface area contributed by atoms with E-state index in [4.69, 9.17) is 9.47 Å². The van der Waals surface area contributed by atoms with Gasteiger partial charge in [-0.05, 0) is 50.2 Å². The average Bonchev–Trinajstić information content (AvgIpc) is 3.09. The van der Waals surface area contributed by atoms with E-state index in [1.807, 2.05) is 29.2 Å². The first kappa shape index (κ1) is 20.9. The van der Waals surface area contributed by atoms with Gasteiger partial charge in [0.25, 0.3) is 5.91 Å². The van der Waals surface area contributed by atoms with Crippen molar-refractivity contribution in [2.45, 2.75) is 76.0 Å². The van der Waals surface area contributed by atoms with Gasteiger partial charge in [0.1, 0.15) is 18.0 Å². The van der Waals surface area contributed by atoms with Gasteiger partial charge in [0.15, 0.2) is 0 Å². The Morgan fingerprint density at radius 3 is 2.53 bits per heavy atom. The molecule has 3 aliphatic rings. The van der Waals surface area contributed by atoms with Gasteiger partial charge in [0.2, 0.25) is 0 Å². The predicted octanol–water partition coefficient (Wildman–Crippen LogP) is 3.87. The summed E-state index contributed by atoms with van der Waals surface area (Å²) in [5.41, 5.74) is 2.86. The third-order valence-electron chi connectivity index (χ3n) is 6.79. The van der Waals surface area contributed by atoms with Crippen LogP contribution in [0, 0.1) is 0 Å². The maximum atomic E-state index is 13.4. The molecule has 2 aliphatic carbocycles. The molecule has 1 aromatic carbocycles. The molecule has 1 saturated carbocycles. The molecule has 0 unspecified atom stereocenters. The highest BCUT2D eigenvalue weighted by atomic mass is 16.5. The number of esters is 1. The van der Waals surface area contributed by atoms with Crippen LogP contribution in [0.15, 0.2) is 35.4 Å². The number of carbonyl (C=O) groups excluding carboxylic acids is 2. The number of para-hydroxylation sites is 1. The van der Waals surface area contributed by atoms with Crippen molar-refractivity contribution in [2.75, 3.05) is 14.2 Å². The number of carbonyl (C=O) groups is 2. The second-order valence-corrected chi connectivity index (χ2v) is 8.48. The van der Waals surface area contributed by atoms with E-state index in [2.05, 4.69) is 5.32 Å². The van der Waals surface area contributed by atoms with Crippen LogP contribution in [0.1, 0.15) is 69.4 Å². The summed E-state index contributed by atoms with van der Waals surface area (Å²) in [4.78, 5) is 28.3. The van der Waals surface area contributed by atoms with E-state index < -0.39 is 6.04 Å². The van der Waals surface area contributed by atoms with Crippen LogP contribution in [0.5, 0.6) is 5.75 Å². The number of nitrogens with one attached hydrogen (secondary N) is 1. The molecule has 1 aliphatic heterocycles. The molecule has 1 fully saturated rings. The van der Waals surface area contributed by atoms with Crippen LogP contribution in [-0.2, 0) is 14.3 Å². The topological polar surface area (TPSA) is 67.9 Å². The summed E-state index contributed by atoms with van der Waals surface area (Å²) in [5, 5.41) is 3.53. The highest BCUT2D eigenvalue weighted by molar-refractivity contribution is 5.98. The molecule has 0 radical (unpaired) electrons. The molecule has 4 rings (SSSR count). The number of rotatable bonds is 6. The molecule has 6 heteroatoms. The van der Waals surface area contributed by atoms with Gasteiger partial charge < -0.3 is 14.4 Å². The van der Waals surface area contributed by atoms with Gasteiger partial charge in [-0.15, -0.1) is 0 Å². The fourth-order valence-electron chi connectivity index (χ4n) is 5.30. The molecular weight excluding hydrogens is 380 g/mol. The third kappa shape index (κ3) is 3.85. The zero-order valence-electron chi connectivity index (χ0n) is 18.0. The quantitative estimate of drug-likeness (QED) is 0.719. The Labute approximate surface area is 178 Å². The first-order valence-corrected chi connectivity index (χ1v) is 11.2. The Hall–Kier alpha value is -2.34. The highest BCUT2D eigenvalue weighted by Gasteiger charge is 2.45. The lowest BCUT2D eigenvalue weighted by molar-refractivity contribution is -0.145. The van der Waals surface area contributed by atoms with E-state index in [0.29, 0.717) is 5.75 Å². The number of ether oxygens (including phenoxy) is 2. The lowest BCUT2D eigenvalue weighted by atomic mass is 9.91. The van der Waals surface area contributed by atoms with Crippen molar-refractivity contribution in [1.29, 1.82) is 0 Å². The summed E-state index contributed by atoms with van der Waals surface area (Å²) in [6.45, 7) is 0. The standard InChI is InChI=1S/C24H32N2O4/c1-29-20-15-9-8-14-19(20)21(24(28)30-2)25-22-17-12-6-7-13-18(17)23(27)26(22)16-10-4-3-5-11-16/h8-9,14-16,21-22,25H,3-7,10-13H2,1-2H3/t21-,22-/m1/s1. The van der Waals surface area contributed by atoms with Gasteiger partial charge in [0, 0.05) is 17.2 Å². The minimum atomic E-state index is -0.705. The number of hydrogen-bond donors (Lipinski definition) is 1. The molecule has 6 nitrogen and oxygen atoms in total. The number of nitrogens with zero attached hydrogens (tertiary/aromatic N) is 1. The van der Waals surface area contributed by atoms with Gasteiger partial charge in [0.05, 0.1) is 14.2 Å². The normalized spacial score (nSPS) is 23.3. The summed E-state index contributed by atoms with van der Waals surface area (Å²) in [6.07, 6.45) is 9.22. The lowest BCUT2D eigenvalue weighted by Crippen LogP contribution is -2.53. The zero-order chi connectivity index (χ0) is 21.1. The minimum absolute atomic E-state index is 0.165. The maximum Gasteiger partial charge on any atom is 0.327 e. The van der Waals surface area contributed by atoms with Crippen LogP contribution in [-0.4, -0.2) is 43.2 Å². The SMILES string of the molecule is COC(=O)[C@H](N[C@H]1C2=C(CCCC2)C(=O)N1C1CCCCC1)c1ccccc1OC. The van der Waals surface area contributed by atoms with Gasteiger partial charge in [-0.2, -0.15) is 0 Å². The summed E-state index contributed by atoms with van der Waals surface area (Å²) in [5.74, 6) is 0.421. The molecule has 1 heterocycles. The molecule has 1 amide bonds. The fourth-order valence-corrected chi connectivity index (χ4v) is 5.30. The van der Waals surface area contributed by atoms with Crippen molar-refractivity contribution < 1.29 is 19.1 Å². The van der Waals surface area contributed by atoms with E-state index in [-0.39, 0.29) is 24.1 Å². The minimum Gasteiger partial charge on any atom is -0.496 e. The fraction of sp³-hybridized carbons (Fsp3) is 0.583. The first-order valence-electron chi connectivity index (χ1n) is 11.2. The molecule has 1 aromatic rings. The largest absolute Gasteiger partial charge is 0.496 e. The van der Waals surface area contributed by atoms with Gasteiger partial charge in [-0.1, -0.05) is 37.5 Å². The molecule has 1 N–H and O–H groups in total. The van der Waals surface area contributed by atoms with Crippen molar-refractivity contribution in [3.8, 4) is 5.75 Å². The van der Waals surface area contributed by atoms with Crippen molar-refractivity contribution in [2.24, 2.45) is 0 Å². The van der Waals surface area contributed by atoms with Crippen LogP contribution in [0.2, 0.25) is 0 Å². The highest BCUT2D eigenvalue weighted by Crippen LogP contribution is 2.40. The van der Waals surface area contributed by atoms with Crippen molar-refractivity contribution in [3.63, 3.8) is 0 Å². The van der Waals surface area contributed by atoms with E-state index in [0.717, 1.165) is 62.5 Å². The number of methoxy groups -OCH3 is 2. The smallest absolute Gasteiger partial charge is 0.327 e. The number of hydrogen-bond acceptors (Lipinski definition) is 5. The van der Waals surface area contributed by atoms with E-state index in [1.165, 1.54) is 19.1 Å². The lowest BCUT2D eigenvalue weighted by Gasteiger charge is -2.38. The Bertz CT molecular complexity index is 828.